The van der Waals surface area contributed by atoms with E-state index in [-0.39, 0.29) is 4.90 Å². The molecule has 1 heterocycles. The minimum absolute atomic E-state index is 0.236. The number of nitrogens with one attached hydrogen (secondary N) is 1. The van der Waals surface area contributed by atoms with Crippen LogP contribution in [0.15, 0.2) is 47.4 Å². The van der Waals surface area contributed by atoms with Crippen molar-refractivity contribution in [3.63, 3.8) is 0 Å². The number of hydrogen-bond donors (Lipinski definition) is 1. The summed E-state index contributed by atoms with van der Waals surface area (Å²) in [4.78, 5) is 0.236. The van der Waals surface area contributed by atoms with Gasteiger partial charge in [-0.1, -0.05) is 23.6 Å². The third kappa shape index (κ3) is 4.10. The third-order valence-electron chi connectivity index (χ3n) is 4.31. The van der Waals surface area contributed by atoms with Gasteiger partial charge in [0.1, 0.15) is 5.75 Å². The van der Waals surface area contributed by atoms with Gasteiger partial charge in [0.15, 0.2) is 0 Å². The largest absolute Gasteiger partial charge is 0.283 e. The monoisotopic (exact) mass is 404 g/mol. The summed E-state index contributed by atoms with van der Waals surface area (Å²) in [6.07, 6.45) is 6.39. The molecule has 0 spiro atoms. The highest BCUT2D eigenvalue weighted by Crippen LogP contribution is 2.34. The summed E-state index contributed by atoms with van der Waals surface area (Å²) in [5.41, 5.74) is 2.70. The van der Waals surface area contributed by atoms with Gasteiger partial charge in [0.2, 0.25) is 10.0 Å². The van der Waals surface area contributed by atoms with Gasteiger partial charge in [0.05, 0.1) is 10.6 Å². The molecule has 0 saturated carbocycles. The molecule has 0 fully saturated rings. The van der Waals surface area contributed by atoms with Crippen LogP contribution in [0.2, 0.25) is 0 Å². The molecular weight excluding hydrogens is 384 g/mol. The van der Waals surface area contributed by atoms with E-state index in [4.69, 9.17) is 6.42 Å². The van der Waals surface area contributed by atoms with Crippen LogP contribution in [-0.4, -0.2) is 29.1 Å². The average molecular weight is 405 g/mol. The fraction of sp³-hybridized carbons (Fsp3) is 0.263. The Morgan fingerprint density at radius 1 is 1.11 bits per heavy atom. The number of anilines is 2. The van der Waals surface area contributed by atoms with Crippen LogP contribution in [0.4, 0.5) is 11.4 Å². The molecule has 27 heavy (non-hydrogen) atoms. The Hall–Kier alpha value is -2.50. The molecular formula is C19H20N2O4S2. The lowest BCUT2D eigenvalue weighted by Crippen LogP contribution is -2.35. The maximum absolute atomic E-state index is 13.1. The minimum atomic E-state index is -3.68. The first-order valence-corrected chi connectivity index (χ1v) is 11.5. The maximum Gasteiger partial charge on any atom is 0.264 e. The predicted octanol–water partition coefficient (Wildman–Crippen LogP) is 2.51. The molecule has 6 nitrogen and oxygen atoms in total. The molecule has 1 aliphatic heterocycles. The molecule has 0 amide bonds. The van der Waals surface area contributed by atoms with Crippen molar-refractivity contribution in [3.8, 4) is 12.3 Å². The highest BCUT2D eigenvalue weighted by molar-refractivity contribution is 7.93. The second-order valence-corrected chi connectivity index (χ2v) is 9.99. The second-order valence-electron chi connectivity index (χ2n) is 6.40. The number of nitrogens with zero attached hydrogens (tertiary/aromatic N) is 1. The molecule has 0 aliphatic carbocycles. The summed E-state index contributed by atoms with van der Waals surface area (Å²) < 4.78 is 53.6. The lowest BCUT2D eigenvalue weighted by atomic mass is 10.0. The van der Waals surface area contributed by atoms with E-state index >= 15 is 0 Å². The highest BCUT2D eigenvalue weighted by Gasteiger charge is 2.29. The van der Waals surface area contributed by atoms with Crippen LogP contribution < -0.4 is 9.03 Å². The van der Waals surface area contributed by atoms with E-state index in [0.29, 0.717) is 30.8 Å². The Morgan fingerprint density at radius 3 is 2.48 bits per heavy atom. The van der Waals surface area contributed by atoms with Crippen molar-refractivity contribution in [2.24, 2.45) is 0 Å². The molecule has 1 aliphatic rings. The zero-order chi connectivity index (χ0) is 19.7. The van der Waals surface area contributed by atoms with Gasteiger partial charge in [0, 0.05) is 12.2 Å². The van der Waals surface area contributed by atoms with Crippen molar-refractivity contribution < 1.29 is 16.8 Å². The van der Waals surface area contributed by atoms with Crippen LogP contribution in [-0.2, 0) is 26.5 Å². The molecule has 0 unspecified atom stereocenters. The van der Waals surface area contributed by atoms with Crippen molar-refractivity contribution in [2.75, 3.05) is 21.3 Å². The van der Waals surface area contributed by atoms with Crippen molar-refractivity contribution in [1.29, 1.82) is 0 Å². The summed E-state index contributed by atoms with van der Waals surface area (Å²) >= 11 is 0. The third-order valence-corrected chi connectivity index (χ3v) is 7.23. The molecule has 1 N–H and O–H groups in total. The molecule has 0 saturated heterocycles. The first kappa shape index (κ1) is 19.3. The van der Waals surface area contributed by atoms with Gasteiger partial charge < -0.3 is 0 Å². The van der Waals surface area contributed by atoms with Crippen LogP contribution in [0.1, 0.15) is 17.5 Å². The fourth-order valence-electron chi connectivity index (χ4n) is 3.04. The maximum atomic E-state index is 13.1. The molecule has 0 atom stereocenters. The standard InChI is InChI=1S/C19H20N2O4S2/c1-3-13-26(22,23)20-17-8-11-19-16(14-17)5-4-12-21(19)27(24,25)18-9-6-15(2)7-10-18/h1,6-11,14,20H,4-5,12-13H2,2H3. The van der Waals surface area contributed by atoms with Crippen LogP contribution in [0.25, 0.3) is 0 Å². The second kappa shape index (κ2) is 7.25. The number of terminal acetylenes is 1. The zero-order valence-corrected chi connectivity index (χ0v) is 16.5. The highest BCUT2D eigenvalue weighted by atomic mass is 32.2. The molecule has 142 valence electrons. The van der Waals surface area contributed by atoms with Gasteiger partial charge in [-0.2, -0.15) is 0 Å². The summed E-state index contributed by atoms with van der Waals surface area (Å²) in [7, 11) is -7.30. The number of fused-ring (bicyclic) bond motifs is 1. The summed E-state index contributed by atoms with van der Waals surface area (Å²) in [5, 5.41) is 0. The van der Waals surface area contributed by atoms with Crippen LogP contribution in [0, 0.1) is 19.3 Å². The van der Waals surface area contributed by atoms with Crippen molar-refractivity contribution in [3.05, 3.63) is 53.6 Å². The Bertz CT molecular complexity index is 1100. The van der Waals surface area contributed by atoms with E-state index in [1.165, 1.54) is 4.31 Å². The van der Waals surface area contributed by atoms with Gasteiger partial charge in [0.25, 0.3) is 10.0 Å². The number of rotatable bonds is 5. The van der Waals surface area contributed by atoms with E-state index in [1.807, 2.05) is 6.92 Å². The lowest BCUT2D eigenvalue weighted by Gasteiger charge is -2.31. The minimum Gasteiger partial charge on any atom is -0.283 e. The van der Waals surface area contributed by atoms with Crippen molar-refractivity contribution in [1.82, 2.24) is 0 Å². The number of hydrogen-bond acceptors (Lipinski definition) is 4. The van der Waals surface area contributed by atoms with Crippen LogP contribution >= 0.6 is 0 Å². The fourth-order valence-corrected chi connectivity index (χ4v) is 5.36. The van der Waals surface area contributed by atoms with E-state index in [0.717, 1.165) is 11.1 Å². The summed E-state index contributed by atoms with van der Waals surface area (Å²) in [5.74, 6) is 1.68. The molecule has 8 heteroatoms. The smallest absolute Gasteiger partial charge is 0.264 e. The number of sulfonamides is 2. The van der Waals surface area contributed by atoms with Gasteiger partial charge in [-0.05, 0) is 55.7 Å². The van der Waals surface area contributed by atoms with E-state index in [9.17, 15) is 16.8 Å². The quantitative estimate of drug-likeness (QED) is 0.776. The first-order chi connectivity index (χ1) is 12.7. The molecule has 3 rings (SSSR count). The Morgan fingerprint density at radius 2 is 1.81 bits per heavy atom. The van der Waals surface area contributed by atoms with Gasteiger partial charge >= 0.3 is 0 Å². The van der Waals surface area contributed by atoms with Gasteiger partial charge in [-0.3, -0.25) is 9.03 Å². The Labute approximate surface area is 160 Å². The van der Waals surface area contributed by atoms with E-state index in [1.54, 1.807) is 42.5 Å². The molecule has 0 radical (unpaired) electrons. The van der Waals surface area contributed by atoms with Crippen molar-refractivity contribution in [2.45, 2.75) is 24.7 Å². The van der Waals surface area contributed by atoms with E-state index in [2.05, 4.69) is 10.6 Å². The Balaban J connectivity index is 1.95. The molecule has 0 bridgehead atoms. The molecule has 2 aromatic carbocycles. The number of benzene rings is 2. The summed E-state index contributed by atoms with van der Waals surface area (Å²) in [6.45, 7) is 2.28. The lowest BCUT2D eigenvalue weighted by molar-refractivity contribution is 0.586. The summed E-state index contributed by atoms with van der Waals surface area (Å²) in [6, 6.07) is 11.6. The predicted molar refractivity (Wildman–Crippen MR) is 107 cm³/mol. The van der Waals surface area contributed by atoms with Crippen molar-refractivity contribution >= 4 is 31.4 Å². The van der Waals surface area contributed by atoms with Gasteiger partial charge in [-0.25, -0.2) is 16.8 Å². The Kier molecular flexibility index (Phi) is 5.18. The van der Waals surface area contributed by atoms with Crippen LogP contribution in [0.3, 0.4) is 0 Å². The average Bonchev–Trinajstić information content (AvgIpc) is 2.61. The SMILES string of the molecule is C#CCS(=O)(=O)Nc1ccc2c(c1)CCCN2S(=O)(=O)c1ccc(C)cc1. The molecule has 0 aromatic heterocycles. The zero-order valence-electron chi connectivity index (χ0n) is 14.8. The topological polar surface area (TPSA) is 83.6 Å². The van der Waals surface area contributed by atoms with Gasteiger partial charge in [-0.15, -0.1) is 6.42 Å². The van der Waals surface area contributed by atoms with E-state index < -0.39 is 25.8 Å². The van der Waals surface area contributed by atoms with Crippen LogP contribution in [0.5, 0.6) is 0 Å². The number of aryl methyl sites for hydroxylation is 2. The normalized spacial score (nSPS) is 14.3. The first-order valence-electron chi connectivity index (χ1n) is 8.39. The molecule has 2 aromatic rings.